The van der Waals surface area contributed by atoms with Crippen molar-refractivity contribution in [3.63, 3.8) is 0 Å². The molecule has 6 heteroatoms. The van der Waals surface area contributed by atoms with Crippen LogP contribution in [0.15, 0.2) is 69.7 Å². The van der Waals surface area contributed by atoms with Gasteiger partial charge in [-0.05, 0) is 48.7 Å². The minimum absolute atomic E-state index is 0.102. The van der Waals surface area contributed by atoms with E-state index in [4.69, 9.17) is 4.74 Å². The molecule has 2 aliphatic heterocycles. The lowest BCUT2D eigenvalue weighted by molar-refractivity contribution is 0.224. The highest BCUT2D eigenvalue weighted by molar-refractivity contribution is 6.39. The quantitative estimate of drug-likeness (QED) is 0.806. The molecule has 2 atom stereocenters. The molecule has 4 rings (SSSR count). The number of hydrogen-bond donors (Lipinski definition) is 1. The Morgan fingerprint density at radius 2 is 1.93 bits per heavy atom. The second-order valence-corrected chi connectivity index (χ2v) is 6.94. The molecule has 0 saturated heterocycles. The Hall–Kier alpha value is -3.12. The number of nitrogens with zero attached hydrogens (tertiary/aromatic N) is 4. The third-order valence-corrected chi connectivity index (χ3v) is 4.63. The molecule has 2 aliphatic rings. The summed E-state index contributed by atoms with van der Waals surface area (Å²) in [4.78, 5) is 17.8. The van der Waals surface area contributed by atoms with Gasteiger partial charge in [0.1, 0.15) is 11.9 Å². The normalized spacial score (nSPS) is 18.9. The Kier molecular flexibility index (Phi) is 5.39. The molecule has 3 heterocycles. The lowest BCUT2D eigenvalue weighted by Gasteiger charge is -2.09. The lowest BCUT2D eigenvalue weighted by Crippen LogP contribution is -2.09. The smallest absolute Gasteiger partial charge is 0.219 e. The summed E-state index contributed by atoms with van der Waals surface area (Å²) in [5, 5.41) is 9.17. The van der Waals surface area contributed by atoms with Crippen molar-refractivity contribution in [1.29, 1.82) is 0 Å². The van der Waals surface area contributed by atoms with E-state index < -0.39 is 0 Å². The van der Waals surface area contributed by atoms with Crippen molar-refractivity contribution in [3.05, 3.63) is 65.9 Å². The van der Waals surface area contributed by atoms with Crippen LogP contribution in [0.1, 0.15) is 24.5 Å². The molecule has 1 unspecified atom stereocenters. The number of rotatable bonds is 7. The van der Waals surface area contributed by atoms with Gasteiger partial charge in [-0.1, -0.05) is 13.0 Å². The van der Waals surface area contributed by atoms with Crippen LogP contribution in [-0.4, -0.2) is 47.0 Å². The van der Waals surface area contributed by atoms with E-state index in [1.54, 1.807) is 12.4 Å². The first-order valence-corrected chi connectivity index (χ1v) is 9.39. The summed E-state index contributed by atoms with van der Waals surface area (Å²) < 4.78 is 5.83. The molecule has 142 valence electrons. The topological polar surface area (TPSA) is 79.4 Å². The van der Waals surface area contributed by atoms with Gasteiger partial charge in [-0.15, -0.1) is 0 Å². The fourth-order valence-corrected chi connectivity index (χ4v) is 3.04. The summed E-state index contributed by atoms with van der Waals surface area (Å²) in [5.41, 5.74) is 3.79. The van der Waals surface area contributed by atoms with Gasteiger partial charge in [0, 0.05) is 36.2 Å². The van der Waals surface area contributed by atoms with E-state index in [9.17, 15) is 5.11 Å². The third kappa shape index (κ3) is 4.23. The molecule has 6 nitrogen and oxygen atoms in total. The Morgan fingerprint density at radius 1 is 1.11 bits per heavy atom. The van der Waals surface area contributed by atoms with Gasteiger partial charge in [0.25, 0.3) is 0 Å². The van der Waals surface area contributed by atoms with Crippen LogP contribution in [0.3, 0.4) is 0 Å². The molecule has 0 radical (unpaired) electrons. The van der Waals surface area contributed by atoms with Crippen molar-refractivity contribution < 1.29 is 9.84 Å². The maximum absolute atomic E-state index is 9.17. The van der Waals surface area contributed by atoms with Crippen LogP contribution in [0.5, 0.6) is 11.6 Å². The van der Waals surface area contributed by atoms with Crippen molar-refractivity contribution in [3.8, 4) is 11.6 Å². The van der Waals surface area contributed by atoms with Crippen LogP contribution in [-0.2, 0) is 0 Å². The van der Waals surface area contributed by atoms with Crippen molar-refractivity contribution >= 4 is 17.6 Å². The number of pyridine rings is 1. The Bertz CT molecular complexity index is 944. The molecule has 1 N–H and O–H groups in total. The predicted octanol–water partition coefficient (Wildman–Crippen LogP) is 3.45. The van der Waals surface area contributed by atoms with Gasteiger partial charge < -0.3 is 9.84 Å². The second-order valence-electron chi connectivity index (χ2n) is 6.94. The number of aromatic nitrogens is 1. The lowest BCUT2D eigenvalue weighted by atomic mass is 10.1. The summed E-state index contributed by atoms with van der Waals surface area (Å²) in [6, 6.07) is 11.5. The molecule has 0 bridgehead atoms. The summed E-state index contributed by atoms with van der Waals surface area (Å²) in [5.74, 6) is 1.44. The van der Waals surface area contributed by atoms with E-state index in [0.717, 1.165) is 35.5 Å². The average molecular weight is 374 g/mol. The summed E-state index contributed by atoms with van der Waals surface area (Å²) in [6.45, 7) is 2.88. The Labute approximate surface area is 164 Å². The highest BCUT2D eigenvalue weighted by Gasteiger charge is 2.16. The van der Waals surface area contributed by atoms with Gasteiger partial charge in [-0.2, -0.15) is 0 Å². The van der Waals surface area contributed by atoms with Gasteiger partial charge in [0.05, 0.1) is 18.0 Å². The summed E-state index contributed by atoms with van der Waals surface area (Å²) in [6.07, 6.45) is 8.24. The highest BCUT2D eigenvalue weighted by atomic mass is 16.5. The number of ether oxygens (including phenoxy) is 1. The van der Waals surface area contributed by atoms with Gasteiger partial charge in [-0.3, -0.25) is 15.0 Å². The number of aliphatic hydroxyl groups is 1. The monoisotopic (exact) mass is 374 g/mol. The second kappa shape index (κ2) is 8.27. The number of aliphatic imine (C=N–C) groups is 3. The maximum Gasteiger partial charge on any atom is 0.219 e. The highest BCUT2D eigenvalue weighted by Crippen LogP contribution is 2.22. The van der Waals surface area contributed by atoms with Crippen LogP contribution < -0.4 is 4.74 Å². The van der Waals surface area contributed by atoms with E-state index in [1.807, 2.05) is 55.5 Å². The first kappa shape index (κ1) is 18.3. The van der Waals surface area contributed by atoms with Crippen molar-refractivity contribution in [2.45, 2.75) is 19.5 Å². The molecule has 0 saturated carbocycles. The minimum atomic E-state index is -0.102. The zero-order chi connectivity index (χ0) is 19.3. The van der Waals surface area contributed by atoms with Gasteiger partial charge in [-0.25, -0.2) is 4.98 Å². The summed E-state index contributed by atoms with van der Waals surface area (Å²) >= 11 is 0. The Balaban J connectivity index is 1.39. The van der Waals surface area contributed by atoms with Crippen molar-refractivity contribution in [2.75, 3.05) is 13.2 Å². The fraction of sp³-hybridized carbons (Fsp3) is 0.273. The van der Waals surface area contributed by atoms with E-state index in [1.165, 1.54) is 0 Å². The minimum Gasteiger partial charge on any atom is -0.439 e. The fourth-order valence-electron chi connectivity index (χ4n) is 3.04. The molecule has 0 aliphatic carbocycles. The molecule has 0 amide bonds. The zero-order valence-corrected chi connectivity index (χ0v) is 15.7. The maximum atomic E-state index is 9.17. The van der Waals surface area contributed by atoms with Gasteiger partial charge in [0.2, 0.25) is 5.88 Å². The Morgan fingerprint density at radius 3 is 2.61 bits per heavy atom. The molecule has 2 aromatic rings. The van der Waals surface area contributed by atoms with Crippen LogP contribution in [0, 0.1) is 5.92 Å². The van der Waals surface area contributed by atoms with Crippen LogP contribution >= 0.6 is 0 Å². The molecule has 0 fully saturated rings. The van der Waals surface area contributed by atoms with E-state index >= 15 is 0 Å². The summed E-state index contributed by atoms with van der Waals surface area (Å²) in [7, 11) is 0. The number of aliphatic hydroxyl groups excluding tert-OH is 1. The molecular weight excluding hydrogens is 352 g/mol. The van der Waals surface area contributed by atoms with E-state index in [0.29, 0.717) is 11.6 Å². The average Bonchev–Trinajstić information content (AvgIpc) is 3.41. The number of allylic oxidation sites excluding steroid dienone is 1. The van der Waals surface area contributed by atoms with Crippen molar-refractivity contribution in [2.24, 2.45) is 20.9 Å². The van der Waals surface area contributed by atoms with Gasteiger partial charge in [0.15, 0.2) is 0 Å². The predicted molar refractivity (Wildman–Crippen MR) is 111 cm³/mol. The molecule has 28 heavy (non-hydrogen) atoms. The largest absolute Gasteiger partial charge is 0.439 e. The van der Waals surface area contributed by atoms with Gasteiger partial charge >= 0.3 is 0 Å². The molecule has 1 aromatic heterocycles. The van der Waals surface area contributed by atoms with Crippen molar-refractivity contribution in [1.82, 2.24) is 4.98 Å². The third-order valence-electron chi connectivity index (χ3n) is 4.63. The first-order valence-electron chi connectivity index (χ1n) is 9.39. The van der Waals surface area contributed by atoms with E-state index in [2.05, 4.69) is 20.0 Å². The van der Waals surface area contributed by atoms with E-state index in [-0.39, 0.29) is 18.7 Å². The molecule has 1 aromatic carbocycles. The van der Waals surface area contributed by atoms with Crippen LogP contribution in [0.2, 0.25) is 0 Å². The first-order chi connectivity index (χ1) is 13.7. The zero-order valence-electron chi connectivity index (χ0n) is 15.7. The van der Waals surface area contributed by atoms with Crippen LogP contribution in [0.4, 0.5) is 0 Å². The molecule has 0 spiro atoms. The molecular formula is C22H22N4O2. The van der Waals surface area contributed by atoms with Crippen LogP contribution in [0.25, 0.3) is 0 Å². The number of hydrogen-bond acceptors (Lipinski definition) is 6. The SMILES string of the molecule is C[C@H](CO)CC1N=CC(c2ccc(Oc3ccc(C4=NCC=C4)cn3)cc2)=N1. The number of benzene rings is 1. The standard InChI is InChI=1S/C22H22N4O2/c1-15(14-27)11-21-24-13-20(26-21)16-4-7-18(8-5-16)28-22-9-6-17(12-25-22)19-3-2-10-23-19/h2-9,12-13,15,21,27H,10-11,14H2,1H3/t15-,21?/m0/s1.